The van der Waals surface area contributed by atoms with Crippen molar-refractivity contribution in [1.29, 1.82) is 5.26 Å². The highest BCUT2D eigenvalue weighted by Gasteiger charge is 2.15. The first-order valence-corrected chi connectivity index (χ1v) is 7.78. The summed E-state index contributed by atoms with van der Waals surface area (Å²) in [5.74, 6) is 1.73. The Morgan fingerprint density at radius 2 is 2.22 bits per heavy atom. The Morgan fingerprint density at radius 3 is 2.94 bits per heavy atom. The molecular formula is C15H20N2S. The van der Waals surface area contributed by atoms with Gasteiger partial charge in [-0.2, -0.15) is 5.26 Å². The van der Waals surface area contributed by atoms with E-state index in [-0.39, 0.29) is 0 Å². The number of pyridine rings is 1. The molecule has 2 nitrogen and oxygen atoms in total. The van der Waals surface area contributed by atoms with Crippen LogP contribution in [0.3, 0.4) is 0 Å². The molecule has 0 bridgehead atoms. The summed E-state index contributed by atoms with van der Waals surface area (Å²) in [6, 6.07) is 4.37. The van der Waals surface area contributed by atoms with Gasteiger partial charge in [-0.15, -0.1) is 11.8 Å². The van der Waals surface area contributed by atoms with E-state index < -0.39 is 0 Å². The second kappa shape index (κ2) is 6.24. The summed E-state index contributed by atoms with van der Waals surface area (Å²) in [5.41, 5.74) is 3.29. The Bertz CT molecular complexity index is 462. The lowest BCUT2D eigenvalue weighted by Gasteiger charge is -2.17. The third kappa shape index (κ3) is 3.05. The predicted molar refractivity (Wildman–Crippen MR) is 75.8 cm³/mol. The first-order valence-electron chi connectivity index (χ1n) is 6.80. The van der Waals surface area contributed by atoms with E-state index in [1.807, 2.05) is 0 Å². The van der Waals surface area contributed by atoms with Gasteiger partial charge in [-0.05, 0) is 43.2 Å². The van der Waals surface area contributed by atoms with Crippen molar-refractivity contribution in [1.82, 2.24) is 4.98 Å². The molecule has 0 aromatic carbocycles. The number of aromatic nitrogens is 1. The number of thioether (sulfide) groups is 1. The minimum atomic E-state index is 0.680. The number of hydrogen-bond donors (Lipinski definition) is 0. The number of nitrogens with zero attached hydrogens (tertiary/aromatic N) is 2. The summed E-state index contributed by atoms with van der Waals surface area (Å²) < 4.78 is 0. The average Bonchev–Trinajstić information content (AvgIpc) is 2.43. The van der Waals surface area contributed by atoms with Crippen LogP contribution >= 0.6 is 11.8 Å². The van der Waals surface area contributed by atoms with Gasteiger partial charge in [-0.1, -0.05) is 20.3 Å². The van der Waals surface area contributed by atoms with Gasteiger partial charge in [0.05, 0.1) is 5.56 Å². The lowest BCUT2D eigenvalue weighted by molar-refractivity contribution is 0.635. The zero-order chi connectivity index (χ0) is 13.0. The molecule has 0 amide bonds. The fourth-order valence-corrected chi connectivity index (χ4v) is 3.26. The zero-order valence-electron chi connectivity index (χ0n) is 11.2. The first kappa shape index (κ1) is 13.4. The number of hydrogen-bond acceptors (Lipinski definition) is 3. The Morgan fingerprint density at radius 1 is 1.44 bits per heavy atom. The van der Waals surface area contributed by atoms with E-state index in [9.17, 15) is 5.26 Å². The van der Waals surface area contributed by atoms with E-state index in [1.54, 1.807) is 11.8 Å². The molecule has 3 heteroatoms. The standard InChI is InChI=1S/C15H20N2S/c1-3-11(2)10-18-15-13(9-16)8-12-6-4-5-7-14(12)17-15/h8,11H,3-7,10H2,1-2H3. The Kier molecular flexibility index (Phi) is 4.66. The molecule has 0 saturated carbocycles. The van der Waals surface area contributed by atoms with Gasteiger partial charge in [0.2, 0.25) is 0 Å². The molecule has 1 atom stereocenters. The molecule has 96 valence electrons. The maximum Gasteiger partial charge on any atom is 0.114 e. The van der Waals surface area contributed by atoms with Crippen LogP contribution in [0.25, 0.3) is 0 Å². The second-order valence-electron chi connectivity index (χ2n) is 5.09. The number of fused-ring (bicyclic) bond motifs is 1. The van der Waals surface area contributed by atoms with Gasteiger partial charge in [0.1, 0.15) is 11.1 Å². The summed E-state index contributed by atoms with van der Waals surface area (Å²) >= 11 is 1.74. The lowest BCUT2D eigenvalue weighted by Crippen LogP contribution is -2.08. The highest BCUT2D eigenvalue weighted by atomic mass is 32.2. The summed E-state index contributed by atoms with van der Waals surface area (Å²) in [6.45, 7) is 4.45. The van der Waals surface area contributed by atoms with Gasteiger partial charge in [0.15, 0.2) is 0 Å². The smallest absolute Gasteiger partial charge is 0.114 e. The highest BCUT2D eigenvalue weighted by molar-refractivity contribution is 7.99. The minimum absolute atomic E-state index is 0.680. The summed E-state index contributed by atoms with van der Waals surface area (Å²) in [5, 5.41) is 10.2. The molecule has 1 aromatic rings. The van der Waals surface area contributed by atoms with Crippen LogP contribution in [0.4, 0.5) is 0 Å². The van der Waals surface area contributed by atoms with Crippen LogP contribution in [-0.2, 0) is 12.8 Å². The van der Waals surface area contributed by atoms with Crippen molar-refractivity contribution in [2.45, 2.75) is 51.0 Å². The van der Waals surface area contributed by atoms with E-state index in [2.05, 4.69) is 26.0 Å². The molecule has 0 N–H and O–H groups in total. The van der Waals surface area contributed by atoms with Gasteiger partial charge in [-0.25, -0.2) is 4.98 Å². The fraction of sp³-hybridized carbons (Fsp3) is 0.600. The zero-order valence-corrected chi connectivity index (χ0v) is 12.0. The van der Waals surface area contributed by atoms with E-state index in [0.717, 1.165) is 29.2 Å². The van der Waals surface area contributed by atoms with Crippen LogP contribution in [0, 0.1) is 17.2 Å². The van der Waals surface area contributed by atoms with E-state index in [4.69, 9.17) is 4.98 Å². The molecule has 1 aliphatic rings. The summed E-state index contributed by atoms with van der Waals surface area (Å²) in [6.07, 6.45) is 5.82. The van der Waals surface area contributed by atoms with Crippen LogP contribution in [0.2, 0.25) is 0 Å². The van der Waals surface area contributed by atoms with Crippen molar-refractivity contribution in [2.75, 3.05) is 5.75 Å². The molecule has 18 heavy (non-hydrogen) atoms. The van der Waals surface area contributed by atoms with E-state index in [0.29, 0.717) is 5.92 Å². The number of aryl methyl sites for hydroxylation is 2. The number of rotatable bonds is 4. The third-order valence-electron chi connectivity index (χ3n) is 3.59. The summed E-state index contributed by atoms with van der Waals surface area (Å²) in [4.78, 5) is 4.73. The average molecular weight is 260 g/mol. The SMILES string of the molecule is CCC(C)CSc1nc2c(cc1C#N)CCCC2. The van der Waals surface area contributed by atoms with Crippen molar-refractivity contribution < 1.29 is 0 Å². The topological polar surface area (TPSA) is 36.7 Å². The van der Waals surface area contributed by atoms with Crippen LogP contribution < -0.4 is 0 Å². The second-order valence-corrected chi connectivity index (χ2v) is 6.10. The largest absolute Gasteiger partial charge is 0.245 e. The van der Waals surface area contributed by atoms with Crippen LogP contribution in [0.15, 0.2) is 11.1 Å². The molecule has 0 aliphatic heterocycles. The molecular weight excluding hydrogens is 240 g/mol. The molecule has 1 aliphatic carbocycles. The van der Waals surface area contributed by atoms with E-state index in [1.165, 1.54) is 30.5 Å². The molecule has 0 fully saturated rings. The normalized spacial score (nSPS) is 15.8. The summed E-state index contributed by atoms with van der Waals surface area (Å²) in [7, 11) is 0. The van der Waals surface area contributed by atoms with Crippen molar-refractivity contribution in [3.63, 3.8) is 0 Å². The fourth-order valence-electron chi connectivity index (χ4n) is 2.14. The highest BCUT2D eigenvalue weighted by Crippen LogP contribution is 2.28. The molecule has 0 saturated heterocycles. The molecule has 2 rings (SSSR count). The maximum absolute atomic E-state index is 9.24. The van der Waals surface area contributed by atoms with Crippen molar-refractivity contribution in [3.8, 4) is 6.07 Å². The van der Waals surface area contributed by atoms with E-state index >= 15 is 0 Å². The molecule has 1 aromatic heterocycles. The van der Waals surface area contributed by atoms with Crippen LogP contribution in [-0.4, -0.2) is 10.7 Å². The van der Waals surface area contributed by atoms with Crippen molar-refractivity contribution in [2.24, 2.45) is 5.92 Å². The Hall–Kier alpha value is -1.01. The van der Waals surface area contributed by atoms with Crippen LogP contribution in [0.1, 0.15) is 49.9 Å². The van der Waals surface area contributed by atoms with Gasteiger partial charge >= 0.3 is 0 Å². The quantitative estimate of drug-likeness (QED) is 0.769. The van der Waals surface area contributed by atoms with Gasteiger partial charge in [0, 0.05) is 11.4 Å². The Balaban J connectivity index is 2.20. The lowest BCUT2D eigenvalue weighted by atomic mass is 9.95. The predicted octanol–water partition coefficient (Wildman–Crippen LogP) is 3.97. The van der Waals surface area contributed by atoms with Crippen LogP contribution in [0.5, 0.6) is 0 Å². The Labute approximate surface area is 114 Å². The number of nitriles is 1. The van der Waals surface area contributed by atoms with Gasteiger partial charge < -0.3 is 0 Å². The third-order valence-corrected chi connectivity index (χ3v) is 4.91. The van der Waals surface area contributed by atoms with Gasteiger partial charge in [0.25, 0.3) is 0 Å². The molecule has 1 unspecified atom stereocenters. The monoisotopic (exact) mass is 260 g/mol. The molecule has 1 heterocycles. The van der Waals surface area contributed by atoms with Crippen molar-refractivity contribution >= 4 is 11.8 Å². The van der Waals surface area contributed by atoms with Crippen molar-refractivity contribution in [3.05, 3.63) is 22.9 Å². The van der Waals surface area contributed by atoms with Gasteiger partial charge in [-0.3, -0.25) is 0 Å². The maximum atomic E-state index is 9.24. The molecule has 0 spiro atoms. The first-order chi connectivity index (χ1) is 8.74. The molecule has 0 radical (unpaired) electrons. The minimum Gasteiger partial charge on any atom is -0.245 e.